The first-order valence-electron chi connectivity index (χ1n) is 5.35. The first kappa shape index (κ1) is 29.8. The Kier molecular flexibility index (Phi) is 337. The van der Waals surface area contributed by atoms with Crippen LogP contribution >= 0.6 is 0 Å². The largest absolute Gasteiger partial charge is 0.100 e. The minimum absolute atomic E-state index is 1.17. The zero-order valence-electron chi connectivity index (χ0n) is 11.2. The molecule has 0 saturated carbocycles. The Morgan fingerprint density at radius 3 is 0.583 bits per heavy atom. The van der Waals surface area contributed by atoms with Gasteiger partial charge in [0.15, 0.2) is 0 Å². The van der Waals surface area contributed by atoms with Crippen molar-refractivity contribution < 1.29 is 0 Å². The van der Waals surface area contributed by atoms with E-state index in [0.717, 1.165) is 0 Å². The third kappa shape index (κ3) is 11000. The topological polar surface area (TPSA) is 0 Å². The lowest BCUT2D eigenvalue weighted by atomic mass is 10.4. The van der Waals surface area contributed by atoms with Crippen molar-refractivity contribution in [1.82, 2.24) is 0 Å². The first-order chi connectivity index (χ1) is 5.73. The van der Waals surface area contributed by atoms with Crippen molar-refractivity contribution in [3.05, 3.63) is 12.2 Å². The summed E-state index contributed by atoms with van der Waals surface area (Å²) in [6.45, 7) is 23.5. The van der Waals surface area contributed by atoms with Gasteiger partial charge in [-0.3, -0.25) is 0 Å². The van der Waals surface area contributed by atoms with Gasteiger partial charge in [0.1, 0.15) is 0 Å². The van der Waals surface area contributed by atoms with Gasteiger partial charge in [0.05, 0.1) is 0 Å². The molecule has 0 heteroatoms. The fourth-order valence-electron chi connectivity index (χ4n) is 0. The van der Waals surface area contributed by atoms with Crippen molar-refractivity contribution >= 4 is 0 Å². The third-order valence-electron chi connectivity index (χ3n) is 0. The molecule has 0 rings (SSSR count). The van der Waals surface area contributed by atoms with Crippen molar-refractivity contribution in [2.24, 2.45) is 0 Å². The Morgan fingerprint density at radius 1 is 0.583 bits per heavy atom. The summed E-state index contributed by atoms with van der Waals surface area (Å²) in [4.78, 5) is 0. The Bertz CT molecular complexity index is 23.0. The minimum atomic E-state index is 1.17. The normalized spacial score (nSPS) is 4.17. The molecule has 0 aromatic rings. The predicted molar refractivity (Wildman–Crippen MR) is 65.9 cm³/mol. The molecule has 80 valence electrons. The summed E-state index contributed by atoms with van der Waals surface area (Å²) in [6, 6.07) is 0. The highest BCUT2D eigenvalue weighted by atomic mass is 13.6. The van der Waals surface area contributed by atoms with Crippen molar-refractivity contribution in [3.8, 4) is 0 Å². The van der Waals surface area contributed by atoms with Crippen LogP contribution in [0.5, 0.6) is 0 Å². The van der Waals surface area contributed by atoms with E-state index >= 15 is 0 Å². The van der Waals surface area contributed by atoms with Crippen LogP contribution in [0.1, 0.15) is 69.2 Å². The van der Waals surface area contributed by atoms with Gasteiger partial charge in [-0.25, -0.2) is 0 Å². The molecular formula is C12H32. The maximum absolute atomic E-state index is 3.56. The lowest BCUT2D eigenvalue weighted by molar-refractivity contribution is 1.42. The maximum Gasteiger partial charge on any atom is -0.0445 e. The van der Waals surface area contributed by atoms with Gasteiger partial charge in [-0.05, 0) is 13.8 Å². The van der Waals surface area contributed by atoms with Crippen LogP contribution in [-0.4, -0.2) is 0 Å². The van der Waals surface area contributed by atoms with Gasteiger partial charge in [-0.1, -0.05) is 61.0 Å². The summed E-state index contributed by atoms with van der Waals surface area (Å²) in [6.07, 6.45) is 0. The molecule has 0 aliphatic rings. The Hall–Kier alpha value is -0.260. The summed E-state index contributed by atoms with van der Waals surface area (Å²) in [5.41, 5.74) is 1.17. The van der Waals surface area contributed by atoms with E-state index in [0.29, 0.717) is 0 Å². The highest BCUT2D eigenvalue weighted by Crippen LogP contribution is 1.73. The van der Waals surface area contributed by atoms with E-state index in [1.165, 1.54) is 5.57 Å². The van der Waals surface area contributed by atoms with Gasteiger partial charge >= 0.3 is 0 Å². The molecule has 0 nitrogen and oxygen atoms in total. The highest BCUT2D eigenvalue weighted by Gasteiger charge is 1.51. The summed E-state index contributed by atoms with van der Waals surface area (Å²) >= 11 is 0. The quantitative estimate of drug-likeness (QED) is 0.416. The molecule has 0 aliphatic heterocycles. The van der Waals surface area contributed by atoms with Crippen LogP contribution < -0.4 is 0 Å². The SMILES string of the molecule is C=C(C)C.CC.CC.CC.CC. The number of rotatable bonds is 0. The molecule has 0 saturated heterocycles. The van der Waals surface area contributed by atoms with E-state index in [1.807, 2.05) is 69.2 Å². The number of allylic oxidation sites excluding steroid dienone is 1. The zero-order chi connectivity index (χ0) is 11.6. The summed E-state index contributed by atoms with van der Waals surface area (Å²) in [5.74, 6) is 0. The molecule has 0 heterocycles. The summed E-state index contributed by atoms with van der Waals surface area (Å²) in [5, 5.41) is 0. The molecule has 0 fully saturated rings. The Labute approximate surface area is 82.1 Å². The molecule has 0 spiro atoms. The summed E-state index contributed by atoms with van der Waals surface area (Å²) < 4.78 is 0. The highest BCUT2D eigenvalue weighted by molar-refractivity contribution is 4.78. The van der Waals surface area contributed by atoms with E-state index in [2.05, 4.69) is 6.58 Å². The number of hydrogen-bond acceptors (Lipinski definition) is 0. The van der Waals surface area contributed by atoms with Gasteiger partial charge in [0.2, 0.25) is 0 Å². The molecule has 0 aromatic heterocycles. The molecule has 12 heavy (non-hydrogen) atoms. The lowest BCUT2D eigenvalue weighted by Crippen LogP contribution is -1.43. The third-order valence-corrected chi connectivity index (χ3v) is 0. The van der Waals surface area contributed by atoms with Crippen LogP contribution in [0.25, 0.3) is 0 Å². The molecular weight excluding hydrogens is 144 g/mol. The van der Waals surface area contributed by atoms with Crippen molar-refractivity contribution in [2.75, 3.05) is 0 Å². The van der Waals surface area contributed by atoms with Crippen molar-refractivity contribution in [2.45, 2.75) is 69.2 Å². The second-order valence-corrected chi connectivity index (χ2v) is 1.21. The maximum atomic E-state index is 3.56. The van der Waals surface area contributed by atoms with Gasteiger partial charge in [0, 0.05) is 0 Å². The molecule has 0 N–H and O–H groups in total. The van der Waals surface area contributed by atoms with Gasteiger partial charge in [-0.2, -0.15) is 0 Å². The average Bonchev–Trinajstić information content (AvgIpc) is 2.16. The fraction of sp³-hybridized carbons (Fsp3) is 0.833. The van der Waals surface area contributed by atoms with Crippen LogP contribution in [0.3, 0.4) is 0 Å². The Balaban J connectivity index is -0.0000000181. The molecule has 0 aliphatic carbocycles. The van der Waals surface area contributed by atoms with Gasteiger partial charge in [-0.15, -0.1) is 6.58 Å². The van der Waals surface area contributed by atoms with Gasteiger partial charge < -0.3 is 0 Å². The fourth-order valence-corrected chi connectivity index (χ4v) is 0. The zero-order valence-corrected chi connectivity index (χ0v) is 11.2. The van der Waals surface area contributed by atoms with E-state index in [9.17, 15) is 0 Å². The molecule has 0 amide bonds. The Morgan fingerprint density at radius 2 is 0.583 bits per heavy atom. The number of hydrogen-bond donors (Lipinski definition) is 0. The second-order valence-electron chi connectivity index (χ2n) is 1.21. The van der Waals surface area contributed by atoms with Crippen LogP contribution in [0.4, 0.5) is 0 Å². The first-order valence-corrected chi connectivity index (χ1v) is 5.35. The minimum Gasteiger partial charge on any atom is -0.100 e. The molecule has 0 radical (unpaired) electrons. The van der Waals surface area contributed by atoms with E-state index in [1.54, 1.807) is 0 Å². The second kappa shape index (κ2) is 136. The monoisotopic (exact) mass is 176 g/mol. The van der Waals surface area contributed by atoms with Crippen LogP contribution in [0.2, 0.25) is 0 Å². The van der Waals surface area contributed by atoms with E-state index in [-0.39, 0.29) is 0 Å². The van der Waals surface area contributed by atoms with Crippen molar-refractivity contribution in [3.63, 3.8) is 0 Å². The average molecular weight is 176 g/mol. The van der Waals surface area contributed by atoms with E-state index in [4.69, 9.17) is 0 Å². The van der Waals surface area contributed by atoms with Crippen LogP contribution in [0.15, 0.2) is 12.2 Å². The van der Waals surface area contributed by atoms with Crippen molar-refractivity contribution in [1.29, 1.82) is 0 Å². The standard InChI is InChI=1S/C4H8.4C2H6/c1-4(2)3;4*1-2/h1H2,2-3H3;4*1-2H3. The molecule has 0 bridgehead atoms. The molecule has 0 unspecified atom stereocenters. The lowest BCUT2D eigenvalue weighted by Gasteiger charge is -1.65. The molecule has 0 atom stereocenters. The predicted octanol–water partition coefficient (Wildman–Crippen LogP) is 5.69. The smallest absolute Gasteiger partial charge is 0.0445 e. The van der Waals surface area contributed by atoms with E-state index < -0.39 is 0 Å². The van der Waals surface area contributed by atoms with Gasteiger partial charge in [0.25, 0.3) is 0 Å². The van der Waals surface area contributed by atoms with Crippen LogP contribution in [-0.2, 0) is 0 Å². The summed E-state index contributed by atoms with van der Waals surface area (Å²) in [7, 11) is 0. The van der Waals surface area contributed by atoms with Crippen LogP contribution in [0, 0.1) is 0 Å². The molecule has 0 aromatic carbocycles.